The highest BCUT2D eigenvalue weighted by molar-refractivity contribution is 5.40. The Morgan fingerprint density at radius 3 is 2.74 bits per heavy atom. The molecule has 5 heteroatoms. The van der Waals surface area contributed by atoms with Gasteiger partial charge in [-0.2, -0.15) is 0 Å². The zero-order valence-corrected chi connectivity index (χ0v) is 14.2. The van der Waals surface area contributed by atoms with E-state index in [1.807, 2.05) is 18.2 Å². The summed E-state index contributed by atoms with van der Waals surface area (Å²) in [6.07, 6.45) is 3.34. The minimum absolute atomic E-state index is 0.106. The quantitative estimate of drug-likeness (QED) is 0.901. The average molecular weight is 321 g/mol. The maximum Gasteiger partial charge on any atom is 0.123 e. The largest absolute Gasteiger partial charge is 0.497 e. The molecule has 1 aromatic rings. The lowest BCUT2D eigenvalue weighted by Gasteiger charge is -2.42. The summed E-state index contributed by atoms with van der Waals surface area (Å²) in [5.74, 6) is 1.71. The van der Waals surface area contributed by atoms with E-state index in [-0.39, 0.29) is 17.7 Å². The van der Waals surface area contributed by atoms with Crippen LogP contribution in [0.3, 0.4) is 0 Å². The van der Waals surface area contributed by atoms with Crippen molar-refractivity contribution in [2.75, 3.05) is 27.9 Å². The van der Waals surface area contributed by atoms with Crippen LogP contribution in [-0.2, 0) is 11.3 Å². The number of nitrogens with zero attached hydrogens (tertiary/aromatic N) is 1. The van der Waals surface area contributed by atoms with Crippen LogP contribution >= 0.6 is 0 Å². The van der Waals surface area contributed by atoms with Crippen molar-refractivity contribution in [2.45, 2.75) is 50.0 Å². The molecule has 23 heavy (non-hydrogen) atoms. The van der Waals surface area contributed by atoms with Crippen molar-refractivity contribution in [1.29, 1.82) is 0 Å². The number of rotatable bonds is 5. The fraction of sp³-hybridized carbons (Fsp3) is 0.667. The van der Waals surface area contributed by atoms with E-state index in [0.717, 1.165) is 55.8 Å². The normalized spacial score (nSPS) is 31.0. The first-order valence-electron chi connectivity index (χ1n) is 8.30. The van der Waals surface area contributed by atoms with Crippen molar-refractivity contribution in [3.63, 3.8) is 0 Å². The molecule has 0 bridgehead atoms. The van der Waals surface area contributed by atoms with Gasteiger partial charge in [0.05, 0.1) is 25.9 Å². The smallest absolute Gasteiger partial charge is 0.123 e. The van der Waals surface area contributed by atoms with Crippen LogP contribution in [0.2, 0.25) is 0 Å². The van der Waals surface area contributed by atoms with E-state index in [4.69, 9.17) is 14.2 Å². The Morgan fingerprint density at radius 1 is 1.22 bits per heavy atom. The van der Waals surface area contributed by atoms with Gasteiger partial charge in [-0.1, -0.05) is 0 Å². The molecule has 3 rings (SSSR count). The van der Waals surface area contributed by atoms with Crippen LogP contribution in [0.15, 0.2) is 18.2 Å². The summed E-state index contributed by atoms with van der Waals surface area (Å²) < 4.78 is 16.8. The van der Waals surface area contributed by atoms with Crippen LogP contribution in [0.4, 0.5) is 0 Å². The third-order valence-corrected chi connectivity index (χ3v) is 5.53. The molecule has 1 heterocycles. The maximum atomic E-state index is 10.1. The molecule has 1 saturated heterocycles. The van der Waals surface area contributed by atoms with Crippen LogP contribution in [0.1, 0.15) is 31.2 Å². The van der Waals surface area contributed by atoms with E-state index in [0.29, 0.717) is 0 Å². The number of aliphatic hydroxyl groups excluding tert-OH is 1. The van der Waals surface area contributed by atoms with E-state index < -0.39 is 0 Å². The number of fused-ring (bicyclic) bond motifs is 1. The molecule has 0 aromatic heterocycles. The summed E-state index contributed by atoms with van der Waals surface area (Å²) >= 11 is 0. The van der Waals surface area contributed by atoms with Crippen molar-refractivity contribution in [1.82, 2.24) is 4.90 Å². The average Bonchev–Trinajstić information content (AvgIpc) is 2.93. The van der Waals surface area contributed by atoms with Crippen molar-refractivity contribution in [3.8, 4) is 11.5 Å². The van der Waals surface area contributed by atoms with Crippen molar-refractivity contribution >= 4 is 0 Å². The minimum Gasteiger partial charge on any atom is -0.497 e. The Hall–Kier alpha value is -1.30. The number of hydrogen-bond acceptors (Lipinski definition) is 5. The number of likely N-dealkylation sites (tertiary alicyclic amines) is 1. The lowest BCUT2D eigenvalue weighted by Crippen LogP contribution is -2.51. The summed E-state index contributed by atoms with van der Waals surface area (Å²) in [4.78, 5) is 2.42. The van der Waals surface area contributed by atoms with Gasteiger partial charge in [0.15, 0.2) is 0 Å². The second-order valence-corrected chi connectivity index (χ2v) is 6.61. The summed E-state index contributed by atoms with van der Waals surface area (Å²) in [6, 6.07) is 6.15. The second kappa shape index (κ2) is 6.67. The molecular weight excluding hydrogens is 294 g/mol. The van der Waals surface area contributed by atoms with Gasteiger partial charge in [0.1, 0.15) is 11.5 Å². The fourth-order valence-electron chi connectivity index (χ4n) is 4.18. The van der Waals surface area contributed by atoms with E-state index >= 15 is 0 Å². The summed E-state index contributed by atoms with van der Waals surface area (Å²) in [5.41, 5.74) is 1.00. The van der Waals surface area contributed by atoms with Gasteiger partial charge in [0, 0.05) is 31.8 Å². The SMILES string of the molecule is COc1ccc(OC)c(CN2CC[C@]3(OC)CC[C@@H](O)C[C@H]23)c1. The Morgan fingerprint density at radius 2 is 2.04 bits per heavy atom. The third kappa shape index (κ3) is 3.05. The Balaban J connectivity index is 1.83. The molecule has 5 nitrogen and oxygen atoms in total. The molecule has 3 atom stereocenters. The van der Waals surface area contributed by atoms with Gasteiger partial charge in [-0.25, -0.2) is 0 Å². The number of benzene rings is 1. The van der Waals surface area contributed by atoms with Crippen molar-refractivity contribution < 1.29 is 19.3 Å². The van der Waals surface area contributed by atoms with Crippen molar-refractivity contribution in [3.05, 3.63) is 23.8 Å². The second-order valence-electron chi connectivity index (χ2n) is 6.61. The van der Waals surface area contributed by atoms with Crippen molar-refractivity contribution in [2.24, 2.45) is 0 Å². The first kappa shape index (κ1) is 16.6. The summed E-state index contributed by atoms with van der Waals surface area (Å²) in [5, 5.41) is 10.1. The lowest BCUT2D eigenvalue weighted by atomic mass is 9.79. The highest BCUT2D eigenvalue weighted by Crippen LogP contribution is 2.43. The molecule has 0 spiro atoms. The van der Waals surface area contributed by atoms with Crippen LogP contribution in [0, 0.1) is 0 Å². The first-order chi connectivity index (χ1) is 11.1. The standard InChI is InChI=1S/C18H27NO4/c1-21-15-4-5-16(22-2)13(10-15)12-19-9-8-18(23-3)7-6-14(20)11-17(18)19/h4-5,10,14,17,20H,6-9,11-12H2,1-3H3/t14-,17+,18-/m1/s1. The molecule has 0 unspecified atom stereocenters. The van der Waals surface area contributed by atoms with E-state index in [1.54, 1.807) is 21.3 Å². The minimum atomic E-state index is -0.226. The molecular formula is C18H27NO4. The number of hydrogen-bond donors (Lipinski definition) is 1. The zero-order valence-electron chi connectivity index (χ0n) is 14.2. The van der Waals surface area contributed by atoms with Crippen LogP contribution < -0.4 is 9.47 Å². The van der Waals surface area contributed by atoms with Crippen LogP contribution in [-0.4, -0.2) is 55.6 Å². The molecule has 1 saturated carbocycles. The molecule has 1 aliphatic heterocycles. The topological polar surface area (TPSA) is 51.2 Å². The third-order valence-electron chi connectivity index (χ3n) is 5.53. The van der Waals surface area contributed by atoms with E-state index in [1.165, 1.54) is 0 Å². The highest BCUT2D eigenvalue weighted by atomic mass is 16.5. The maximum absolute atomic E-state index is 10.1. The molecule has 1 N–H and O–H groups in total. The predicted octanol–water partition coefficient (Wildman–Crippen LogP) is 2.21. The fourth-order valence-corrected chi connectivity index (χ4v) is 4.18. The predicted molar refractivity (Wildman–Crippen MR) is 88.0 cm³/mol. The van der Waals surface area contributed by atoms with E-state index in [2.05, 4.69) is 4.90 Å². The summed E-state index contributed by atoms with van der Waals surface area (Å²) in [6.45, 7) is 1.76. The van der Waals surface area contributed by atoms with E-state index in [9.17, 15) is 5.11 Å². The van der Waals surface area contributed by atoms with Gasteiger partial charge < -0.3 is 19.3 Å². The molecule has 128 valence electrons. The molecule has 2 fully saturated rings. The molecule has 2 aliphatic rings. The summed E-state index contributed by atoms with van der Waals surface area (Å²) in [7, 11) is 5.17. The van der Waals surface area contributed by atoms with Gasteiger partial charge >= 0.3 is 0 Å². The van der Waals surface area contributed by atoms with Gasteiger partial charge in [-0.15, -0.1) is 0 Å². The number of aliphatic hydroxyl groups is 1. The first-order valence-corrected chi connectivity index (χ1v) is 8.30. The molecule has 0 amide bonds. The number of ether oxygens (including phenoxy) is 3. The Kier molecular flexibility index (Phi) is 4.80. The highest BCUT2D eigenvalue weighted by Gasteiger charge is 2.50. The van der Waals surface area contributed by atoms with Crippen LogP contribution in [0.25, 0.3) is 0 Å². The van der Waals surface area contributed by atoms with Gasteiger partial charge in [0.25, 0.3) is 0 Å². The van der Waals surface area contributed by atoms with Gasteiger partial charge in [-0.05, 0) is 43.9 Å². The lowest BCUT2D eigenvalue weighted by molar-refractivity contribution is -0.0880. The zero-order chi connectivity index (χ0) is 16.4. The molecule has 1 aromatic carbocycles. The number of methoxy groups -OCH3 is 3. The van der Waals surface area contributed by atoms with Gasteiger partial charge in [0.2, 0.25) is 0 Å². The molecule has 1 aliphatic carbocycles. The van der Waals surface area contributed by atoms with Gasteiger partial charge in [-0.3, -0.25) is 4.90 Å². The molecule has 0 radical (unpaired) electrons. The Labute approximate surface area is 138 Å². The van der Waals surface area contributed by atoms with Crippen LogP contribution in [0.5, 0.6) is 11.5 Å². The Bertz CT molecular complexity index is 550. The monoisotopic (exact) mass is 321 g/mol.